The van der Waals surface area contributed by atoms with Gasteiger partial charge in [0.2, 0.25) is 5.91 Å². The molecule has 0 bridgehead atoms. The Morgan fingerprint density at radius 1 is 1.55 bits per heavy atom. The molecule has 124 valence electrons. The fraction of sp³-hybridized carbons (Fsp3) is 0.692. The van der Waals surface area contributed by atoms with Gasteiger partial charge in [0.15, 0.2) is 0 Å². The fourth-order valence-corrected chi connectivity index (χ4v) is 1.98. The minimum atomic E-state index is -0.653. The molecule has 0 aromatic carbocycles. The summed E-state index contributed by atoms with van der Waals surface area (Å²) in [6.45, 7) is 8.86. The third-order valence-corrected chi connectivity index (χ3v) is 3.47. The lowest BCUT2D eigenvalue weighted by molar-refractivity contribution is -0.385. The zero-order chi connectivity index (χ0) is 16.7. The van der Waals surface area contributed by atoms with Crippen molar-refractivity contribution < 1.29 is 14.5 Å². The number of hydrogen-bond donors (Lipinski definition) is 1. The summed E-state index contributed by atoms with van der Waals surface area (Å²) in [6.07, 6.45) is 1.20. The molecular formula is C13H23N5O4. The van der Waals surface area contributed by atoms with E-state index in [2.05, 4.69) is 29.2 Å². The van der Waals surface area contributed by atoms with Crippen LogP contribution in [0.15, 0.2) is 6.20 Å². The van der Waals surface area contributed by atoms with E-state index in [1.807, 2.05) is 0 Å². The van der Waals surface area contributed by atoms with Gasteiger partial charge in [0.05, 0.1) is 12.0 Å². The van der Waals surface area contributed by atoms with Crippen molar-refractivity contribution >= 4 is 11.6 Å². The molecule has 0 spiro atoms. The van der Waals surface area contributed by atoms with Gasteiger partial charge in [-0.2, -0.15) is 0 Å². The van der Waals surface area contributed by atoms with Gasteiger partial charge in [0, 0.05) is 13.1 Å². The van der Waals surface area contributed by atoms with E-state index >= 15 is 0 Å². The number of nitrogens with one attached hydrogen (secondary N) is 1. The normalized spacial score (nSPS) is 12.2. The molecule has 1 N–H and O–H groups in total. The second-order valence-electron chi connectivity index (χ2n) is 4.75. The summed E-state index contributed by atoms with van der Waals surface area (Å²) in [4.78, 5) is 24.5. The van der Waals surface area contributed by atoms with Gasteiger partial charge in [-0.3, -0.25) is 14.9 Å². The second-order valence-corrected chi connectivity index (χ2v) is 4.75. The Hall–Kier alpha value is -2.16. The molecule has 1 heterocycles. The molecule has 1 aromatic heterocycles. The van der Waals surface area contributed by atoms with E-state index < -0.39 is 11.0 Å². The van der Waals surface area contributed by atoms with Crippen molar-refractivity contribution in [3.8, 4) is 5.88 Å². The summed E-state index contributed by atoms with van der Waals surface area (Å²) in [5, 5.41) is 17.6. The summed E-state index contributed by atoms with van der Waals surface area (Å²) in [5.74, 6) is -0.347. The lowest BCUT2D eigenvalue weighted by atomic mass is 10.3. The number of aromatic nitrogens is 2. The van der Waals surface area contributed by atoms with Crippen molar-refractivity contribution in [2.45, 2.75) is 26.8 Å². The molecular weight excluding hydrogens is 290 g/mol. The molecule has 1 unspecified atom stereocenters. The molecule has 0 aliphatic rings. The van der Waals surface area contributed by atoms with Crippen LogP contribution in [0.2, 0.25) is 0 Å². The number of hydrogen-bond acceptors (Lipinski definition) is 6. The Bertz CT molecular complexity index is 513. The maximum atomic E-state index is 12.1. The van der Waals surface area contributed by atoms with Gasteiger partial charge in [-0.25, -0.2) is 4.68 Å². The molecule has 1 aromatic rings. The van der Waals surface area contributed by atoms with Gasteiger partial charge < -0.3 is 15.0 Å². The Balaban J connectivity index is 2.65. The summed E-state index contributed by atoms with van der Waals surface area (Å²) in [5.41, 5.74) is -0.259. The highest BCUT2D eigenvalue weighted by Gasteiger charge is 2.25. The molecule has 0 aliphatic carbocycles. The van der Waals surface area contributed by atoms with Crippen molar-refractivity contribution in [2.75, 3.05) is 33.3 Å². The third kappa shape index (κ3) is 4.42. The first-order valence-electron chi connectivity index (χ1n) is 7.22. The minimum Gasteiger partial charge on any atom is -0.475 e. The SMILES string of the molecule is CCN(CC)CCNC(=O)C(C)n1cc([N+](=O)[O-])c(OC)n1. The second kappa shape index (κ2) is 8.32. The van der Waals surface area contributed by atoms with Crippen LogP contribution in [0.4, 0.5) is 5.69 Å². The molecule has 0 saturated carbocycles. The number of carbonyl (C=O) groups is 1. The smallest absolute Gasteiger partial charge is 0.350 e. The van der Waals surface area contributed by atoms with Crippen LogP contribution in [0.25, 0.3) is 0 Å². The maximum absolute atomic E-state index is 12.1. The molecule has 1 rings (SSSR count). The predicted octanol–water partition coefficient (Wildman–Crippen LogP) is 0.819. The number of likely N-dealkylation sites (N-methyl/N-ethyl adjacent to an activating group) is 1. The summed E-state index contributed by atoms with van der Waals surface area (Å²) in [6, 6.07) is -0.653. The highest BCUT2D eigenvalue weighted by atomic mass is 16.6. The van der Waals surface area contributed by atoms with Crippen LogP contribution in [0, 0.1) is 10.1 Å². The van der Waals surface area contributed by atoms with E-state index in [1.54, 1.807) is 6.92 Å². The standard InChI is InChI=1S/C13H23N5O4/c1-5-16(6-2)8-7-14-12(19)10(3)17-9-11(18(20)21)13(15-17)22-4/h9-10H,5-8H2,1-4H3,(H,14,19). The van der Waals surface area contributed by atoms with Crippen molar-refractivity contribution in [2.24, 2.45) is 0 Å². The predicted molar refractivity (Wildman–Crippen MR) is 80.9 cm³/mol. The summed E-state index contributed by atoms with van der Waals surface area (Å²) < 4.78 is 6.09. The van der Waals surface area contributed by atoms with E-state index in [0.29, 0.717) is 6.54 Å². The Labute approximate surface area is 129 Å². The zero-order valence-electron chi connectivity index (χ0n) is 13.4. The first-order chi connectivity index (χ1) is 10.4. The van der Waals surface area contributed by atoms with Gasteiger partial charge in [-0.1, -0.05) is 13.8 Å². The molecule has 1 amide bonds. The molecule has 0 saturated heterocycles. The monoisotopic (exact) mass is 313 g/mol. The van der Waals surface area contributed by atoms with E-state index in [4.69, 9.17) is 4.74 Å². The average molecular weight is 313 g/mol. The number of carbonyl (C=O) groups excluding carboxylic acids is 1. The first kappa shape index (κ1) is 17.9. The molecule has 1 atom stereocenters. The lowest BCUT2D eigenvalue weighted by Crippen LogP contribution is -2.37. The maximum Gasteiger partial charge on any atom is 0.350 e. The van der Waals surface area contributed by atoms with Crippen molar-refractivity contribution in [3.05, 3.63) is 16.3 Å². The number of nitro groups is 1. The van der Waals surface area contributed by atoms with Crippen molar-refractivity contribution in [3.63, 3.8) is 0 Å². The van der Waals surface area contributed by atoms with Crippen molar-refractivity contribution in [1.29, 1.82) is 0 Å². The van der Waals surface area contributed by atoms with Gasteiger partial charge in [-0.15, -0.1) is 5.10 Å². The zero-order valence-corrected chi connectivity index (χ0v) is 13.4. The average Bonchev–Trinajstić information content (AvgIpc) is 2.95. The summed E-state index contributed by atoms with van der Waals surface area (Å²) in [7, 11) is 1.30. The Morgan fingerprint density at radius 2 is 2.18 bits per heavy atom. The third-order valence-electron chi connectivity index (χ3n) is 3.47. The van der Waals surface area contributed by atoms with Crippen LogP contribution >= 0.6 is 0 Å². The number of rotatable bonds is 9. The first-order valence-corrected chi connectivity index (χ1v) is 7.22. The van der Waals surface area contributed by atoms with E-state index in [-0.39, 0.29) is 17.5 Å². The van der Waals surface area contributed by atoms with Gasteiger partial charge in [-0.05, 0) is 20.0 Å². The Morgan fingerprint density at radius 3 is 2.64 bits per heavy atom. The number of ether oxygens (including phenoxy) is 1. The van der Waals surface area contributed by atoms with Crippen LogP contribution in [-0.2, 0) is 4.79 Å². The van der Waals surface area contributed by atoms with Crippen molar-refractivity contribution in [1.82, 2.24) is 20.0 Å². The molecule has 9 nitrogen and oxygen atoms in total. The molecule has 0 fully saturated rings. The van der Waals surface area contributed by atoms with Gasteiger partial charge in [0.1, 0.15) is 12.2 Å². The topological polar surface area (TPSA) is 103 Å². The quantitative estimate of drug-likeness (QED) is 0.535. The van der Waals surface area contributed by atoms with E-state index in [9.17, 15) is 14.9 Å². The van der Waals surface area contributed by atoms with Crippen LogP contribution in [0.3, 0.4) is 0 Å². The molecule has 22 heavy (non-hydrogen) atoms. The van der Waals surface area contributed by atoms with Crippen LogP contribution in [-0.4, -0.2) is 58.8 Å². The molecule has 0 aliphatic heterocycles. The largest absolute Gasteiger partial charge is 0.475 e. The van der Waals surface area contributed by atoms with E-state index in [0.717, 1.165) is 19.6 Å². The molecule has 0 radical (unpaired) electrons. The van der Waals surface area contributed by atoms with E-state index in [1.165, 1.54) is 18.0 Å². The highest BCUT2D eigenvalue weighted by Crippen LogP contribution is 2.25. The number of amides is 1. The van der Waals surface area contributed by atoms with Crippen LogP contribution < -0.4 is 10.1 Å². The summed E-state index contributed by atoms with van der Waals surface area (Å²) >= 11 is 0. The van der Waals surface area contributed by atoms with Crippen LogP contribution in [0.1, 0.15) is 26.8 Å². The van der Waals surface area contributed by atoms with Gasteiger partial charge in [0.25, 0.3) is 0 Å². The number of methoxy groups -OCH3 is 1. The fourth-order valence-electron chi connectivity index (χ4n) is 1.98. The minimum absolute atomic E-state index is 0.104. The van der Waals surface area contributed by atoms with Gasteiger partial charge >= 0.3 is 11.6 Å². The highest BCUT2D eigenvalue weighted by molar-refractivity contribution is 5.79. The Kier molecular flexibility index (Phi) is 6.77. The molecule has 9 heteroatoms. The number of nitrogens with zero attached hydrogens (tertiary/aromatic N) is 4. The van der Waals surface area contributed by atoms with Crippen LogP contribution in [0.5, 0.6) is 5.88 Å². The lowest BCUT2D eigenvalue weighted by Gasteiger charge is -2.19.